The molecular weight excluding hydrogens is 421 g/mol. The molecule has 2 aromatic rings. The van der Waals surface area contributed by atoms with Crippen molar-refractivity contribution >= 4 is 30.4 Å². The first-order valence-corrected chi connectivity index (χ1v) is 12.6. The van der Waals surface area contributed by atoms with E-state index < -0.39 is 0 Å². The molecule has 3 aliphatic rings. The Balaban J connectivity index is 1.48. The molecule has 0 spiro atoms. The predicted octanol–water partition coefficient (Wildman–Crippen LogP) is 3.49. The Morgan fingerprint density at radius 1 is 1.24 bits per heavy atom. The molecule has 1 aromatic heterocycles. The summed E-state index contributed by atoms with van der Waals surface area (Å²) in [5, 5.41) is 8.00. The second-order valence-corrected chi connectivity index (χ2v) is 10.5. The molecule has 3 saturated carbocycles. The van der Waals surface area contributed by atoms with Gasteiger partial charge in [0.05, 0.1) is 24.1 Å². The summed E-state index contributed by atoms with van der Waals surface area (Å²) in [4.78, 5) is 19.8. The van der Waals surface area contributed by atoms with Gasteiger partial charge < -0.3 is 10.2 Å². The monoisotopic (exact) mass is 459 g/mol. The second kappa shape index (κ2) is 9.59. The third-order valence-electron chi connectivity index (χ3n) is 8.67. The average molecular weight is 459 g/mol. The van der Waals surface area contributed by atoms with E-state index >= 15 is 0 Å². The summed E-state index contributed by atoms with van der Waals surface area (Å²) in [6.45, 7) is 13.6. The number of fused-ring (bicyclic) bond motifs is 2. The minimum absolute atomic E-state index is 0.230. The highest BCUT2D eigenvalue weighted by atomic mass is 16.1. The van der Waals surface area contributed by atoms with Crippen molar-refractivity contribution in [2.45, 2.75) is 60.0 Å². The first-order valence-electron chi connectivity index (χ1n) is 12.6. The zero-order valence-corrected chi connectivity index (χ0v) is 21.5. The number of aliphatic imine (C=N–C) groups is 1. The highest BCUT2D eigenvalue weighted by molar-refractivity contribution is 6.35. The smallest absolute Gasteiger partial charge is 0.261 e. The number of aromatic nitrogens is 2. The van der Waals surface area contributed by atoms with E-state index in [1.807, 2.05) is 0 Å². The summed E-state index contributed by atoms with van der Waals surface area (Å²) in [6.07, 6.45) is 4.13. The van der Waals surface area contributed by atoms with E-state index in [0.29, 0.717) is 23.1 Å². The third-order valence-corrected chi connectivity index (χ3v) is 8.67. The fraction of sp³-hybridized carbons (Fsp3) is 0.593. The lowest BCUT2D eigenvalue weighted by molar-refractivity contribution is -0.105. The van der Waals surface area contributed by atoms with Gasteiger partial charge >= 0.3 is 0 Å². The van der Waals surface area contributed by atoms with Crippen LogP contribution in [0.4, 0.5) is 11.4 Å². The van der Waals surface area contributed by atoms with Crippen molar-refractivity contribution in [3.05, 3.63) is 46.4 Å². The Morgan fingerprint density at radius 2 is 1.91 bits per heavy atom. The number of nitrogens with one attached hydrogen (secondary N) is 1. The lowest BCUT2D eigenvalue weighted by Crippen LogP contribution is -2.58. The Hall–Kier alpha value is -2.57. The molecular formula is C27H38BN5O. The summed E-state index contributed by atoms with van der Waals surface area (Å²) >= 11 is 0. The van der Waals surface area contributed by atoms with Gasteiger partial charge in [-0.15, -0.1) is 0 Å². The van der Waals surface area contributed by atoms with Crippen LogP contribution in [0.2, 0.25) is 0 Å². The van der Waals surface area contributed by atoms with Crippen molar-refractivity contribution in [1.29, 1.82) is 0 Å². The normalized spacial score (nSPS) is 25.5. The van der Waals surface area contributed by atoms with Crippen LogP contribution in [0.15, 0.2) is 40.2 Å². The van der Waals surface area contributed by atoms with E-state index in [-0.39, 0.29) is 17.6 Å². The van der Waals surface area contributed by atoms with Crippen molar-refractivity contribution < 1.29 is 0 Å². The van der Waals surface area contributed by atoms with Crippen LogP contribution in [-0.4, -0.2) is 49.5 Å². The zero-order valence-electron chi connectivity index (χ0n) is 21.5. The summed E-state index contributed by atoms with van der Waals surface area (Å²) in [5.74, 6) is 1.99. The molecule has 1 aromatic carbocycles. The van der Waals surface area contributed by atoms with Gasteiger partial charge in [0.25, 0.3) is 5.56 Å². The van der Waals surface area contributed by atoms with Gasteiger partial charge in [-0.1, -0.05) is 32.9 Å². The first kappa shape index (κ1) is 24.6. The SMILES string of the molecule is [B]c1c(N[C@@H]2C[C@@H]3C[C@H]([C@H]2C)C3(C)C)cnn(CC(=NC)c2ccc(N(CC)CC)cc2)c1=O. The van der Waals surface area contributed by atoms with E-state index in [1.54, 1.807) is 13.2 Å². The van der Waals surface area contributed by atoms with Gasteiger partial charge in [-0.05, 0) is 73.0 Å². The van der Waals surface area contributed by atoms with Crippen LogP contribution in [0.25, 0.3) is 0 Å². The number of anilines is 2. The minimum Gasteiger partial charge on any atom is -0.381 e. The summed E-state index contributed by atoms with van der Waals surface area (Å²) in [6, 6.07) is 8.63. The van der Waals surface area contributed by atoms with E-state index in [4.69, 9.17) is 7.85 Å². The molecule has 180 valence electrons. The average Bonchev–Trinajstić information content (AvgIpc) is 2.83. The molecule has 6 nitrogen and oxygen atoms in total. The summed E-state index contributed by atoms with van der Waals surface area (Å²) < 4.78 is 1.41. The van der Waals surface area contributed by atoms with Gasteiger partial charge in [-0.25, -0.2) is 4.68 Å². The van der Waals surface area contributed by atoms with Gasteiger partial charge in [0.15, 0.2) is 0 Å². The Morgan fingerprint density at radius 3 is 2.47 bits per heavy atom. The quantitative estimate of drug-likeness (QED) is 0.485. The van der Waals surface area contributed by atoms with Crippen LogP contribution in [0.1, 0.15) is 53.0 Å². The maximum atomic E-state index is 13.1. The van der Waals surface area contributed by atoms with Gasteiger partial charge in [-0.3, -0.25) is 9.79 Å². The van der Waals surface area contributed by atoms with Gasteiger partial charge in [0, 0.05) is 31.9 Å². The fourth-order valence-corrected chi connectivity index (χ4v) is 6.16. The van der Waals surface area contributed by atoms with Gasteiger partial charge in [0.2, 0.25) is 0 Å². The summed E-state index contributed by atoms with van der Waals surface area (Å²) in [7, 11) is 8.05. The molecule has 4 atom stereocenters. The van der Waals surface area contributed by atoms with Gasteiger partial charge in [0.1, 0.15) is 7.85 Å². The molecule has 0 saturated heterocycles. The maximum Gasteiger partial charge on any atom is 0.261 e. The van der Waals surface area contributed by atoms with Crippen LogP contribution < -0.4 is 21.2 Å². The molecule has 3 aliphatic carbocycles. The van der Waals surface area contributed by atoms with Crippen LogP contribution in [-0.2, 0) is 6.54 Å². The fourth-order valence-electron chi connectivity index (χ4n) is 6.16. The van der Waals surface area contributed by atoms with Crippen LogP contribution in [0.3, 0.4) is 0 Å². The number of rotatable bonds is 8. The van der Waals surface area contributed by atoms with E-state index in [1.165, 1.54) is 16.8 Å². The van der Waals surface area contributed by atoms with Crippen molar-refractivity contribution in [2.75, 3.05) is 30.4 Å². The summed E-state index contributed by atoms with van der Waals surface area (Å²) in [5.41, 5.74) is 3.97. The molecule has 2 radical (unpaired) electrons. The first-order chi connectivity index (χ1) is 16.2. The molecule has 2 bridgehead atoms. The standard InChI is InChI=1S/C27H38BN5O/c1-7-32(8-2)20-11-9-18(10-12-20)24(29-6)16-33-26(34)25(28)23(15-30-33)31-22-14-19-13-21(17(22)3)27(19,4)5/h9-12,15,17,19,21-22,31H,7-8,13-14,16H2,1-6H3/t17-,19+,21-,22-/m1/s1. The van der Waals surface area contributed by atoms with E-state index in [0.717, 1.165) is 42.6 Å². The molecule has 34 heavy (non-hydrogen) atoms. The van der Waals surface area contributed by atoms with Gasteiger partial charge in [-0.2, -0.15) is 5.10 Å². The minimum atomic E-state index is -0.278. The Kier molecular flexibility index (Phi) is 6.93. The van der Waals surface area contributed by atoms with Crippen molar-refractivity contribution in [1.82, 2.24) is 9.78 Å². The number of hydrogen-bond donors (Lipinski definition) is 1. The molecule has 5 rings (SSSR count). The molecule has 0 unspecified atom stereocenters. The molecule has 0 aliphatic heterocycles. The highest BCUT2D eigenvalue weighted by Gasteiger charge is 2.56. The second-order valence-electron chi connectivity index (χ2n) is 10.5. The maximum absolute atomic E-state index is 13.1. The largest absolute Gasteiger partial charge is 0.381 e. The third kappa shape index (κ3) is 4.30. The number of benzene rings is 1. The van der Waals surface area contributed by atoms with E-state index in [9.17, 15) is 4.79 Å². The molecule has 1 heterocycles. The molecule has 7 heteroatoms. The topological polar surface area (TPSA) is 62.5 Å². The van der Waals surface area contributed by atoms with Crippen molar-refractivity contribution in [2.24, 2.45) is 28.2 Å². The lowest BCUT2D eigenvalue weighted by Gasteiger charge is -2.62. The van der Waals surface area contributed by atoms with Crippen LogP contribution in [0.5, 0.6) is 0 Å². The Bertz CT molecular complexity index is 1100. The van der Waals surface area contributed by atoms with E-state index in [2.05, 4.69) is 79.2 Å². The molecule has 0 amide bonds. The zero-order chi connectivity index (χ0) is 24.6. The van der Waals surface area contributed by atoms with Crippen molar-refractivity contribution in [3.8, 4) is 0 Å². The molecule has 3 fully saturated rings. The number of nitrogens with zero attached hydrogens (tertiary/aromatic N) is 4. The lowest BCUT2D eigenvalue weighted by atomic mass is 9.44. The number of hydrogen-bond acceptors (Lipinski definition) is 5. The highest BCUT2D eigenvalue weighted by Crippen LogP contribution is 2.61. The van der Waals surface area contributed by atoms with Crippen LogP contribution in [0, 0.1) is 23.2 Å². The van der Waals surface area contributed by atoms with Crippen LogP contribution >= 0.6 is 0 Å². The predicted molar refractivity (Wildman–Crippen MR) is 143 cm³/mol. The molecule has 1 N–H and O–H groups in total. The Labute approximate surface area is 205 Å². The van der Waals surface area contributed by atoms with Crippen molar-refractivity contribution in [3.63, 3.8) is 0 Å².